The van der Waals surface area contributed by atoms with Crippen molar-refractivity contribution in [1.82, 2.24) is 14.5 Å². The molecule has 0 fully saturated rings. The number of thiophene rings is 1. The highest BCUT2D eigenvalue weighted by molar-refractivity contribution is 7.07. The molecule has 0 saturated carbocycles. The SMILES string of the molecule is c1cc2n(c1)C[C@H](OCc1ccncc1)CN(Cc1ccsc1)C2. The molecule has 4 rings (SSSR count). The van der Waals surface area contributed by atoms with Gasteiger partial charge in [0.25, 0.3) is 0 Å². The Morgan fingerprint density at radius 1 is 1.12 bits per heavy atom. The van der Waals surface area contributed by atoms with Crippen LogP contribution in [0.5, 0.6) is 0 Å². The summed E-state index contributed by atoms with van der Waals surface area (Å²) in [6.45, 7) is 4.44. The summed E-state index contributed by atoms with van der Waals surface area (Å²) in [7, 11) is 0. The average molecular weight is 339 g/mol. The summed E-state index contributed by atoms with van der Waals surface area (Å²) >= 11 is 1.76. The summed E-state index contributed by atoms with van der Waals surface area (Å²) in [6.07, 6.45) is 5.98. The Hall–Kier alpha value is -1.95. The molecule has 0 aliphatic carbocycles. The van der Waals surface area contributed by atoms with Crippen molar-refractivity contribution < 1.29 is 4.74 Å². The van der Waals surface area contributed by atoms with Gasteiger partial charge in [-0.15, -0.1) is 0 Å². The Labute approximate surface area is 146 Å². The van der Waals surface area contributed by atoms with Gasteiger partial charge in [0.1, 0.15) is 0 Å². The molecule has 5 heteroatoms. The lowest BCUT2D eigenvalue weighted by Crippen LogP contribution is -2.32. The van der Waals surface area contributed by atoms with Gasteiger partial charge in [-0.1, -0.05) is 0 Å². The van der Waals surface area contributed by atoms with Crippen molar-refractivity contribution in [2.75, 3.05) is 6.54 Å². The molecule has 0 unspecified atom stereocenters. The lowest BCUT2D eigenvalue weighted by Gasteiger charge is -2.24. The number of fused-ring (bicyclic) bond motifs is 1. The fraction of sp³-hybridized carbons (Fsp3) is 0.316. The zero-order chi connectivity index (χ0) is 16.2. The maximum absolute atomic E-state index is 6.24. The zero-order valence-electron chi connectivity index (χ0n) is 13.5. The highest BCUT2D eigenvalue weighted by Gasteiger charge is 2.22. The molecule has 0 spiro atoms. The number of nitrogens with zero attached hydrogens (tertiary/aromatic N) is 3. The summed E-state index contributed by atoms with van der Waals surface area (Å²) in [5, 5.41) is 4.38. The van der Waals surface area contributed by atoms with E-state index < -0.39 is 0 Å². The second-order valence-corrected chi connectivity index (χ2v) is 7.02. The minimum Gasteiger partial charge on any atom is -0.370 e. The van der Waals surface area contributed by atoms with E-state index in [9.17, 15) is 0 Å². The van der Waals surface area contributed by atoms with Crippen molar-refractivity contribution in [3.8, 4) is 0 Å². The van der Waals surface area contributed by atoms with Gasteiger partial charge in [0.2, 0.25) is 0 Å². The van der Waals surface area contributed by atoms with Crippen molar-refractivity contribution in [3.05, 3.63) is 76.5 Å². The number of rotatable bonds is 5. The van der Waals surface area contributed by atoms with Gasteiger partial charge in [-0.3, -0.25) is 9.88 Å². The molecule has 4 heterocycles. The lowest BCUT2D eigenvalue weighted by atomic mass is 10.2. The van der Waals surface area contributed by atoms with Gasteiger partial charge in [0, 0.05) is 50.5 Å². The molecule has 4 nitrogen and oxygen atoms in total. The van der Waals surface area contributed by atoms with Crippen LogP contribution in [0.1, 0.15) is 16.8 Å². The molecule has 124 valence electrons. The first-order valence-corrected chi connectivity index (χ1v) is 9.19. The van der Waals surface area contributed by atoms with E-state index in [0.29, 0.717) is 6.61 Å². The van der Waals surface area contributed by atoms with Gasteiger partial charge < -0.3 is 9.30 Å². The van der Waals surface area contributed by atoms with Crippen LogP contribution in [-0.4, -0.2) is 27.1 Å². The predicted octanol–water partition coefficient (Wildman–Crippen LogP) is 3.55. The largest absolute Gasteiger partial charge is 0.370 e. The van der Waals surface area contributed by atoms with Crippen LogP contribution in [0.2, 0.25) is 0 Å². The molecule has 1 aliphatic rings. The molecule has 0 amide bonds. The second-order valence-electron chi connectivity index (χ2n) is 6.24. The van der Waals surface area contributed by atoms with Gasteiger partial charge in [0.15, 0.2) is 0 Å². The van der Waals surface area contributed by atoms with Gasteiger partial charge in [-0.2, -0.15) is 11.3 Å². The highest BCUT2D eigenvalue weighted by Crippen LogP contribution is 2.19. The average Bonchev–Trinajstić information content (AvgIpc) is 3.23. The van der Waals surface area contributed by atoms with Gasteiger partial charge in [-0.25, -0.2) is 0 Å². The number of ether oxygens (including phenoxy) is 1. The minimum absolute atomic E-state index is 0.186. The number of hydrogen-bond donors (Lipinski definition) is 0. The second kappa shape index (κ2) is 7.30. The fourth-order valence-corrected chi connectivity index (χ4v) is 3.85. The normalized spacial score (nSPS) is 18.2. The number of pyridine rings is 1. The molecule has 0 N–H and O–H groups in total. The Balaban J connectivity index is 1.46. The van der Waals surface area contributed by atoms with Crippen LogP contribution in [0.3, 0.4) is 0 Å². The third-order valence-corrected chi connectivity index (χ3v) is 5.12. The molecule has 1 aliphatic heterocycles. The molecule has 0 radical (unpaired) electrons. The van der Waals surface area contributed by atoms with Crippen molar-refractivity contribution in [1.29, 1.82) is 0 Å². The summed E-state index contributed by atoms with van der Waals surface area (Å²) in [5.41, 5.74) is 3.92. The van der Waals surface area contributed by atoms with Crippen LogP contribution < -0.4 is 0 Å². The monoisotopic (exact) mass is 339 g/mol. The quantitative estimate of drug-likeness (QED) is 0.712. The van der Waals surface area contributed by atoms with E-state index in [1.807, 2.05) is 24.5 Å². The van der Waals surface area contributed by atoms with E-state index >= 15 is 0 Å². The van der Waals surface area contributed by atoms with Crippen molar-refractivity contribution in [2.45, 2.75) is 32.3 Å². The lowest BCUT2D eigenvalue weighted by molar-refractivity contribution is 0.00868. The summed E-state index contributed by atoms with van der Waals surface area (Å²) < 4.78 is 8.56. The van der Waals surface area contributed by atoms with E-state index in [2.05, 4.69) is 49.6 Å². The molecule has 0 aromatic carbocycles. The minimum atomic E-state index is 0.186. The molecular weight excluding hydrogens is 318 g/mol. The first-order chi connectivity index (χ1) is 11.9. The van der Waals surface area contributed by atoms with Crippen molar-refractivity contribution in [2.24, 2.45) is 0 Å². The third kappa shape index (κ3) is 3.75. The zero-order valence-corrected chi connectivity index (χ0v) is 14.4. The van der Waals surface area contributed by atoms with Crippen LogP contribution in [-0.2, 0) is 31.0 Å². The van der Waals surface area contributed by atoms with E-state index in [-0.39, 0.29) is 6.10 Å². The fourth-order valence-electron chi connectivity index (χ4n) is 3.19. The first-order valence-electron chi connectivity index (χ1n) is 8.25. The van der Waals surface area contributed by atoms with E-state index in [1.54, 1.807) is 11.3 Å². The molecule has 1 atom stereocenters. The first kappa shape index (κ1) is 15.6. The smallest absolute Gasteiger partial charge is 0.0885 e. The van der Waals surface area contributed by atoms with Crippen LogP contribution in [0.15, 0.2) is 59.7 Å². The predicted molar refractivity (Wildman–Crippen MR) is 95.7 cm³/mol. The van der Waals surface area contributed by atoms with Crippen molar-refractivity contribution >= 4 is 11.3 Å². The van der Waals surface area contributed by atoms with Crippen molar-refractivity contribution in [3.63, 3.8) is 0 Å². The van der Waals surface area contributed by atoms with Gasteiger partial charge >= 0.3 is 0 Å². The Morgan fingerprint density at radius 2 is 2.04 bits per heavy atom. The summed E-state index contributed by atoms with van der Waals surface area (Å²) in [5.74, 6) is 0. The van der Waals surface area contributed by atoms with Crippen LogP contribution in [0.25, 0.3) is 0 Å². The van der Waals surface area contributed by atoms with E-state index in [0.717, 1.165) is 26.2 Å². The number of aromatic nitrogens is 2. The number of hydrogen-bond acceptors (Lipinski definition) is 4. The Kier molecular flexibility index (Phi) is 4.74. The molecule has 24 heavy (non-hydrogen) atoms. The van der Waals surface area contributed by atoms with Gasteiger partial charge in [0.05, 0.1) is 12.7 Å². The summed E-state index contributed by atoms with van der Waals surface area (Å²) in [6, 6.07) is 10.6. The topological polar surface area (TPSA) is 30.3 Å². The molecule has 3 aromatic rings. The third-order valence-electron chi connectivity index (χ3n) is 4.39. The van der Waals surface area contributed by atoms with Crippen LogP contribution in [0.4, 0.5) is 0 Å². The molecule has 0 bridgehead atoms. The molecule has 0 saturated heterocycles. The van der Waals surface area contributed by atoms with Gasteiger partial charge in [-0.05, 0) is 52.2 Å². The molecular formula is C19H21N3OS. The maximum atomic E-state index is 6.24. The van der Waals surface area contributed by atoms with E-state index in [1.165, 1.54) is 16.8 Å². The summed E-state index contributed by atoms with van der Waals surface area (Å²) in [4.78, 5) is 6.55. The van der Waals surface area contributed by atoms with Crippen LogP contribution in [0, 0.1) is 0 Å². The van der Waals surface area contributed by atoms with Crippen LogP contribution >= 0.6 is 11.3 Å². The standard InChI is InChI=1S/C19H21N3OS/c1-2-18-11-21(10-17-5-9-24-15-17)12-19(13-22(18)8-1)23-14-16-3-6-20-7-4-16/h1-9,15,19H,10-14H2/t19-/m1/s1. The maximum Gasteiger partial charge on any atom is 0.0885 e. The Morgan fingerprint density at radius 3 is 2.88 bits per heavy atom. The Bertz CT molecular complexity index is 754. The highest BCUT2D eigenvalue weighted by atomic mass is 32.1. The van der Waals surface area contributed by atoms with E-state index in [4.69, 9.17) is 4.74 Å². The molecule has 3 aromatic heterocycles.